The summed E-state index contributed by atoms with van der Waals surface area (Å²) in [5, 5.41) is 11.7. The highest BCUT2D eigenvalue weighted by molar-refractivity contribution is 7.79. The van der Waals surface area contributed by atoms with Crippen LogP contribution in [0.5, 0.6) is 0 Å². The number of aromatic nitrogens is 5. The quantitative estimate of drug-likeness (QED) is 0.201. The SMILES string of the molecule is [B]P1(=O)OC[C@H]2O[C@@H](n3cc(F)c4c(=O)[nH]cnc43)C(F)[C@H]2OP([B])(=O)OC[C@H]2O[C@@H](n3cc4c5c(ccnc53)NOCC4)[C@@H](O)C2O1. The van der Waals surface area contributed by atoms with Gasteiger partial charge in [-0.05, 0) is 11.6 Å². The van der Waals surface area contributed by atoms with Gasteiger partial charge >= 0.3 is 0 Å². The smallest absolute Gasteiger partial charge is 0.264 e. The van der Waals surface area contributed by atoms with E-state index in [1.54, 1.807) is 16.8 Å². The molecular weight excluding hydrogens is 682 g/mol. The lowest BCUT2D eigenvalue weighted by atomic mass is 10.1. The molecule has 17 nitrogen and oxygen atoms in total. The minimum absolute atomic E-state index is 0.258. The Kier molecular flexibility index (Phi) is 7.95. The van der Waals surface area contributed by atoms with E-state index in [-0.39, 0.29) is 5.65 Å². The van der Waals surface area contributed by atoms with Crippen molar-refractivity contribution in [3.05, 3.63) is 52.7 Å². The molecule has 48 heavy (non-hydrogen) atoms. The molecule has 8 rings (SSSR count). The molecule has 3 N–H and O–H groups in total. The third-order valence-corrected chi connectivity index (χ3v) is 10.6. The van der Waals surface area contributed by atoms with Gasteiger partial charge in [0.1, 0.15) is 41.6 Å². The van der Waals surface area contributed by atoms with Crippen molar-refractivity contribution in [2.45, 2.75) is 55.6 Å². The van der Waals surface area contributed by atoms with Crippen LogP contribution in [0.3, 0.4) is 0 Å². The maximum atomic E-state index is 16.0. The summed E-state index contributed by atoms with van der Waals surface area (Å²) in [6.45, 7) is -1.08. The minimum atomic E-state index is -4.64. The van der Waals surface area contributed by atoms with Gasteiger partial charge in [-0.1, -0.05) is 0 Å². The Hall–Kier alpha value is -2.96. The lowest BCUT2D eigenvalue weighted by molar-refractivity contribution is -0.0557. The number of nitrogens with one attached hydrogen (secondary N) is 2. The number of rotatable bonds is 2. The molecule has 4 aromatic rings. The first kappa shape index (κ1) is 32.3. The Labute approximate surface area is 270 Å². The predicted octanol–water partition coefficient (Wildman–Crippen LogP) is 1.68. The van der Waals surface area contributed by atoms with Crippen molar-refractivity contribution >= 4 is 57.8 Å². The lowest BCUT2D eigenvalue weighted by Gasteiger charge is -2.30. The maximum absolute atomic E-state index is 16.0. The molecule has 4 aliphatic rings. The second-order valence-electron chi connectivity index (χ2n) is 11.5. The summed E-state index contributed by atoms with van der Waals surface area (Å²) in [4.78, 5) is 28.1. The number of H-pyrrole nitrogens is 1. The Morgan fingerprint density at radius 1 is 0.958 bits per heavy atom. The highest BCUT2D eigenvalue weighted by Gasteiger charge is 2.53. The van der Waals surface area contributed by atoms with Crippen LogP contribution in [-0.2, 0) is 48.0 Å². The van der Waals surface area contributed by atoms with Gasteiger partial charge in [-0.15, -0.1) is 0 Å². The predicted molar refractivity (Wildman–Crippen MR) is 160 cm³/mol. The van der Waals surface area contributed by atoms with Gasteiger partial charge in [0.15, 0.2) is 30.1 Å². The van der Waals surface area contributed by atoms with Crippen LogP contribution in [-0.4, -0.2) is 101 Å². The Balaban J connectivity index is 1.08. The van der Waals surface area contributed by atoms with E-state index in [1.165, 1.54) is 6.20 Å². The summed E-state index contributed by atoms with van der Waals surface area (Å²) in [6.07, 6.45) is -7.21. The van der Waals surface area contributed by atoms with Gasteiger partial charge in [0.25, 0.3) is 20.5 Å². The Morgan fingerprint density at radius 2 is 1.62 bits per heavy atom. The standard InChI is InChI=1S/C25H24B2F2N6O11P2/c26-47(38)42-8-14-20(18(36)25(44-14)34-5-10-2-4-40-33-12-1-3-30-21(34)15(10)12)46-48(27,39)41-7-13-19(45-47)17(29)24(43-13)35-6-11(28)16-22(35)31-9-32-23(16)37/h1,3,5-6,9,13-14,17-20,24-25,33,36H,2,4,7-8H2,(H,31,32,37)/t13-,14-,17?,18+,19+,20?,24-,25-,47?,48?/m1/s1. The van der Waals surface area contributed by atoms with E-state index in [2.05, 4.69) is 20.4 Å². The fourth-order valence-corrected chi connectivity index (χ4v) is 8.43. The van der Waals surface area contributed by atoms with Gasteiger partial charge < -0.3 is 42.2 Å². The molecule has 0 aromatic carbocycles. The fourth-order valence-electron chi connectivity index (χ4n) is 6.40. The van der Waals surface area contributed by atoms with Crippen LogP contribution < -0.4 is 11.0 Å². The molecular formula is C25H24B2F2N6O11P2. The van der Waals surface area contributed by atoms with Gasteiger partial charge in [0.05, 0.1) is 31.8 Å². The molecule has 23 heteroatoms. The van der Waals surface area contributed by atoms with Crippen LogP contribution in [0.25, 0.3) is 22.1 Å². The summed E-state index contributed by atoms with van der Waals surface area (Å²) in [7, 11) is 2.58. The average molecular weight is 706 g/mol. The van der Waals surface area contributed by atoms with Crippen molar-refractivity contribution in [3.8, 4) is 0 Å². The molecule has 4 radical (unpaired) electrons. The molecule has 250 valence electrons. The highest BCUT2D eigenvalue weighted by Crippen LogP contribution is 2.54. The number of aliphatic hydroxyl groups is 1. The zero-order valence-electron chi connectivity index (χ0n) is 24.5. The van der Waals surface area contributed by atoms with E-state index in [4.69, 9.17) is 47.5 Å². The van der Waals surface area contributed by atoms with Gasteiger partial charge in [-0.25, -0.2) is 18.7 Å². The van der Waals surface area contributed by atoms with Gasteiger partial charge in [-0.2, -0.15) is 0 Å². The lowest BCUT2D eigenvalue weighted by Crippen LogP contribution is -2.38. The monoisotopic (exact) mass is 706 g/mol. The number of aromatic amines is 1. The van der Waals surface area contributed by atoms with E-state index >= 15 is 4.39 Å². The van der Waals surface area contributed by atoms with E-state index < -0.39 is 94.1 Å². The van der Waals surface area contributed by atoms with E-state index in [0.717, 1.165) is 28.0 Å². The highest BCUT2D eigenvalue weighted by atomic mass is 31.2. The molecule has 0 bridgehead atoms. The van der Waals surface area contributed by atoms with Gasteiger partial charge in [-0.3, -0.25) is 28.8 Å². The Bertz CT molecular complexity index is 2070. The Morgan fingerprint density at radius 3 is 2.40 bits per heavy atom. The summed E-state index contributed by atoms with van der Waals surface area (Å²) < 4.78 is 93.6. The number of hydrogen-bond donors (Lipinski definition) is 3. The molecule has 4 aromatic heterocycles. The third-order valence-electron chi connectivity index (χ3n) is 8.52. The second kappa shape index (κ2) is 11.8. The van der Waals surface area contributed by atoms with E-state index in [1.807, 2.05) is 0 Å². The van der Waals surface area contributed by atoms with Crippen LogP contribution >= 0.6 is 14.9 Å². The van der Waals surface area contributed by atoms with Crippen molar-refractivity contribution in [1.29, 1.82) is 0 Å². The van der Waals surface area contributed by atoms with Gasteiger partial charge in [0.2, 0.25) is 15.1 Å². The number of anilines is 1. The topological polar surface area (TPSA) is 200 Å². The van der Waals surface area contributed by atoms with Crippen molar-refractivity contribution < 1.29 is 55.4 Å². The third kappa shape index (κ3) is 5.46. The van der Waals surface area contributed by atoms with Crippen LogP contribution in [0, 0.1) is 5.82 Å². The van der Waals surface area contributed by atoms with Crippen molar-refractivity contribution in [2.75, 3.05) is 25.3 Å². The van der Waals surface area contributed by atoms with Gasteiger partial charge in [0, 0.05) is 30.4 Å². The summed E-state index contributed by atoms with van der Waals surface area (Å²) >= 11 is 0. The molecule has 3 saturated heterocycles. The molecule has 8 heterocycles. The van der Waals surface area contributed by atoms with E-state index in [9.17, 15) is 23.4 Å². The number of pyridine rings is 1. The molecule has 4 aliphatic heterocycles. The zero-order valence-corrected chi connectivity index (χ0v) is 26.2. The molecule has 10 atom stereocenters. The van der Waals surface area contributed by atoms with Crippen LogP contribution in [0.1, 0.15) is 18.0 Å². The summed E-state index contributed by atoms with van der Waals surface area (Å²) in [6, 6.07) is 1.72. The number of halogens is 2. The molecule has 3 fully saturated rings. The summed E-state index contributed by atoms with van der Waals surface area (Å²) in [5.41, 5.74) is 3.69. The first-order valence-electron chi connectivity index (χ1n) is 14.6. The van der Waals surface area contributed by atoms with Crippen molar-refractivity contribution in [2.24, 2.45) is 0 Å². The van der Waals surface area contributed by atoms with Crippen molar-refractivity contribution in [1.82, 2.24) is 24.1 Å². The average Bonchev–Trinajstić information content (AvgIpc) is 3.70. The van der Waals surface area contributed by atoms with Crippen molar-refractivity contribution in [3.63, 3.8) is 0 Å². The first-order chi connectivity index (χ1) is 22.9. The largest absolute Gasteiger partial charge is 0.386 e. The zero-order chi connectivity index (χ0) is 33.5. The number of nitrogens with zero attached hydrogens (tertiary/aromatic N) is 4. The number of ether oxygens (including phenoxy) is 2. The fraction of sp³-hybridized carbons (Fsp3) is 0.480. The second-order valence-corrected chi connectivity index (χ2v) is 14.6. The molecule has 4 unspecified atom stereocenters. The number of fused-ring (bicyclic) bond motifs is 3. The first-order valence-corrected chi connectivity index (χ1v) is 17.8. The number of aliphatic hydroxyl groups excluding tert-OH is 1. The van der Waals surface area contributed by atoms with Crippen LogP contribution in [0.2, 0.25) is 0 Å². The molecule has 0 spiro atoms. The number of alkyl halides is 1. The molecule has 0 aliphatic carbocycles. The summed E-state index contributed by atoms with van der Waals surface area (Å²) in [5.74, 6) is -1.01. The molecule has 0 amide bonds. The van der Waals surface area contributed by atoms with E-state index in [0.29, 0.717) is 24.4 Å². The molecule has 0 saturated carbocycles. The number of hydrogen-bond acceptors (Lipinski definition) is 14. The maximum Gasteiger partial charge on any atom is 0.264 e. The van der Waals surface area contributed by atoms with Crippen LogP contribution in [0.4, 0.5) is 14.5 Å². The normalized spacial score (nSPS) is 37.3. The van der Waals surface area contributed by atoms with Crippen LogP contribution in [0.15, 0.2) is 35.8 Å². The minimum Gasteiger partial charge on any atom is -0.386 e.